The predicted molar refractivity (Wildman–Crippen MR) is 148 cm³/mol. The van der Waals surface area contributed by atoms with Crippen molar-refractivity contribution in [3.63, 3.8) is 0 Å². The van der Waals surface area contributed by atoms with E-state index in [1.165, 1.54) is 32.2 Å². The highest BCUT2D eigenvalue weighted by Gasteiger charge is 2.50. The molecule has 2 aromatic carbocycles. The fourth-order valence-corrected chi connectivity index (χ4v) is 6.18. The monoisotopic (exact) mass is 615 g/mol. The summed E-state index contributed by atoms with van der Waals surface area (Å²) in [6.45, 7) is 2.16. The quantitative estimate of drug-likeness (QED) is 0.203. The molecule has 0 saturated carbocycles. The van der Waals surface area contributed by atoms with E-state index < -0.39 is 102 Å². The fourth-order valence-electron chi connectivity index (χ4n) is 6.18. The van der Waals surface area contributed by atoms with Crippen LogP contribution in [0.15, 0.2) is 18.2 Å². The first kappa shape index (κ1) is 31.3. The third-order valence-corrected chi connectivity index (χ3v) is 8.34. The van der Waals surface area contributed by atoms with E-state index in [0.717, 1.165) is 0 Å². The van der Waals surface area contributed by atoms with Crippen LogP contribution in [0, 0.1) is 0 Å². The smallest absolute Gasteiger partial charge is 0.407 e. The zero-order valence-corrected chi connectivity index (χ0v) is 24.2. The number of nitrogens with one attached hydrogen (secondary N) is 1. The topological polar surface area (TPSA) is 218 Å². The number of hydrogen-bond donors (Lipinski definition) is 6. The summed E-state index contributed by atoms with van der Waals surface area (Å²) in [4.78, 5) is 52.2. The zero-order valence-electron chi connectivity index (χ0n) is 24.2. The van der Waals surface area contributed by atoms with E-state index in [1.54, 1.807) is 6.92 Å². The molecular formula is C30H33NO13. The minimum absolute atomic E-state index is 0.0714. The van der Waals surface area contributed by atoms with Gasteiger partial charge in [0.2, 0.25) is 5.78 Å². The molecule has 0 unspecified atom stereocenters. The van der Waals surface area contributed by atoms with Gasteiger partial charge in [-0.15, -0.1) is 0 Å². The van der Waals surface area contributed by atoms with Crippen LogP contribution in [0.5, 0.6) is 17.2 Å². The van der Waals surface area contributed by atoms with Crippen LogP contribution in [0.2, 0.25) is 0 Å². The van der Waals surface area contributed by atoms with Crippen LogP contribution in [0.25, 0.3) is 0 Å². The van der Waals surface area contributed by atoms with E-state index in [2.05, 4.69) is 5.32 Å². The molecule has 6 atom stereocenters. The summed E-state index contributed by atoms with van der Waals surface area (Å²) >= 11 is 0. The lowest BCUT2D eigenvalue weighted by Crippen LogP contribution is -2.56. The van der Waals surface area contributed by atoms with Gasteiger partial charge in [-0.25, -0.2) is 4.79 Å². The summed E-state index contributed by atoms with van der Waals surface area (Å²) in [7, 11) is 1.31. The highest BCUT2D eigenvalue weighted by atomic mass is 16.7. The summed E-state index contributed by atoms with van der Waals surface area (Å²) < 4.78 is 22.1. The van der Waals surface area contributed by atoms with Gasteiger partial charge in [-0.05, 0) is 19.9 Å². The number of carbonyl (C=O) groups excluding carboxylic acids is 4. The Bertz CT molecular complexity index is 1540. The molecule has 6 N–H and O–H groups in total. The molecule has 1 amide bonds. The third-order valence-electron chi connectivity index (χ3n) is 8.34. The number of ether oxygens (including phenoxy) is 4. The van der Waals surface area contributed by atoms with Gasteiger partial charge in [-0.1, -0.05) is 12.1 Å². The Morgan fingerprint density at radius 3 is 2.48 bits per heavy atom. The molecule has 236 valence electrons. The van der Waals surface area contributed by atoms with Crippen molar-refractivity contribution < 1.29 is 63.7 Å². The number of phenols is 2. The standard InChI is InChI=1S/C30H33NO13/c1-4-42-29(39)31-15-8-19(43-12(2)24(15)34)44-17-10-30(40,18(33)11-32)9-14-21(17)28(38)23-22(26(14)36)25(35)13-6-5-7-16(41-3)20(13)27(23)37/h5-7,12,15,17,19,24,32,34,36,38,40H,4,8-11H2,1-3H3,(H,31,39)/t12-,15-,17-,19-,24-,30-/m0/s1. The third kappa shape index (κ3) is 5.08. The molecule has 1 heterocycles. The van der Waals surface area contributed by atoms with E-state index in [4.69, 9.17) is 18.9 Å². The average molecular weight is 616 g/mol. The summed E-state index contributed by atoms with van der Waals surface area (Å²) in [6, 6.07) is 3.41. The Morgan fingerprint density at radius 2 is 1.82 bits per heavy atom. The molecule has 1 fully saturated rings. The Morgan fingerprint density at radius 1 is 1.11 bits per heavy atom. The number of rotatable bonds is 7. The SMILES string of the molecule is CCOC(=O)N[C@H]1C[C@H](O[C@H]2C[C@](O)(C(=O)CO)Cc3c(O)c4c(c(O)c32)C(=O)c2c(OC)cccc2C4=O)O[C@@H](C)[C@@H]1O. The number of fused-ring (bicyclic) bond motifs is 3. The van der Waals surface area contributed by atoms with Crippen molar-refractivity contribution in [3.05, 3.63) is 51.6 Å². The number of aliphatic hydroxyl groups is 3. The van der Waals surface area contributed by atoms with Crippen LogP contribution in [-0.2, 0) is 25.4 Å². The molecule has 1 saturated heterocycles. The van der Waals surface area contributed by atoms with Gasteiger partial charge in [-0.3, -0.25) is 14.4 Å². The molecule has 5 rings (SSSR count). The number of alkyl carbamates (subject to hydrolysis) is 1. The van der Waals surface area contributed by atoms with Crippen molar-refractivity contribution in [2.45, 2.75) is 69.4 Å². The molecule has 0 bridgehead atoms. The van der Waals surface area contributed by atoms with Crippen LogP contribution < -0.4 is 10.1 Å². The highest BCUT2D eigenvalue weighted by molar-refractivity contribution is 6.31. The molecular weight excluding hydrogens is 582 g/mol. The van der Waals surface area contributed by atoms with Crippen LogP contribution in [0.4, 0.5) is 4.79 Å². The van der Waals surface area contributed by atoms with Gasteiger partial charge in [0.15, 0.2) is 17.9 Å². The van der Waals surface area contributed by atoms with Crippen LogP contribution >= 0.6 is 0 Å². The van der Waals surface area contributed by atoms with Crippen molar-refractivity contribution in [1.29, 1.82) is 0 Å². The Balaban J connectivity index is 1.61. The first-order chi connectivity index (χ1) is 20.9. The summed E-state index contributed by atoms with van der Waals surface area (Å²) in [5.41, 5.74) is -3.94. The van der Waals surface area contributed by atoms with Gasteiger partial charge in [0.05, 0.1) is 48.7 Å². The van der Waals surface area contributed by atoms with E-state index >= 15 is 0 Å². The number of methoxy groups -OCH3 is 1. The molecule has 0 spiro atoms. The lowest BCUT2D eigenvalue weighted by molar-refractivity contribution is -0.249. The number of hydrogen-bond acceptors (Lipinski definition) is 13. The number of benzene rings is 2. The number of Topliss-reactive ketones (excluding diaryl/α,β-unsaturated/α-hetero) is 1. The van der Waals surface area contributed by atoms with Gasteiger partial charge >= 0.3 is 6.09 Å². The number of carbonyl (C=O) groups is 4. The fraction of sp³-hybridized carbons (Fsp3) is 0.467. The van der Waals surface area contributed by atoms with Crippen molar-refractivity contribution in [3.8, 4) is 17.2 Å². The van der Waals surface area contributed by atoms with Crippen molar-refractivity contribution >= 4 is 23.4 Å². The lowest BCUT2D eigenvalue weighted by Gasteiger charge is -2.42. The van der Waals surface area contributed by atoms with E-state index in [1.807, 2.05) is 0 Å². The first-order valence-electron chi connectivity index (χ1n) is 14.0. The van der Waals surface area contributed by atoms with Gasteiger partial charge in [0.1, 0.15) is 35.6 Å². The summed E-state index contributed by atoms with van der Waals surface area (Å²) in [6.07, 6.45) is -6.77. The van der Waals surface area contributed by atoms with E-state index in [9.17, 15) is 44.7 Å². The molecule has 2 aliphatic carbocycles. The van der Waals surface area contributed by atoms with Gasteiger partial charge in [-0.2, -0.15) is 0 Å². The second-order valence-electron chi connectivity index (χ2n) is 11.0. The Kier molecular flexibility index (Phi) is 8.39. The minimum atomic E-state index is -2.31. The van der Waals surface area contributed by atoms with Gasteiger partial charge in [0, 0.05) is 36.0 Å². The van der Waals surface area contributed by atoms with Crippen molar-refractivity contribution in [1.82, 2.24) is 5.32 Å². The second-order valence-corrected chi connectivity index (χ2v) is 11.0. The van der Waals surface area contributed by atoms with E-state index in [0.29, 0.717) is 0 Å². The molecule has 1 aliphatic heterocycles. The second kappa shape index (κ2) is 11.8. The molecule has 14 heteroatoms. The molecule has 0 radical (unpaired) electrons. The predicted octanol–water partition coefficient (Wildman–Crippen LogP) is 0.789. The maximum atomic E-state index is 13.8. The molecule has 14 nitrogen and oxygen atoms in total. The Labute approximate surface area is 251 Å². The van der Waals surface area contributed by atoms with Gasteiger partial charge < -0.3 is 49.8 Å². The number of phenolic OH excluding ortho intramolecular Hbond substituents is 2. The molecule has 0 aromatic heterocycles. The Hall–Kier alpha value is -4.08. The normalized spacial score (nSPS) is 27.5. The molecule has 3 aliphatic rings. The highest BCUT2D eigenvalue weighted by Crippen LogP contribution is 2.52. The van der Waals surface area contributed by atoms with Crippen molar-refractivity contribution in [2.75, 3.05) is 20.3 Å². The number of aromatic hydroxyl groups is 2. The first-order valence-corrected chi connectivity index (χ1v) is 14.0. The van der Waals surface area contributed by atoms with Crippen LogP contribution in [0.3, 0.4) is 0 Å². The van der Waals surface area contributed by atoms with Crippen molar-refractivity contribution in [2.24, 2.45) is 0 Å². The summed E-state index contributed by atoms with van der Waals surface area (Å²) in [5, 5.41) is 57.1. The maximum absolute atomic E-state index is 13.8. The number of amides is 1. The zero-order chi connectivity index (χ0) is 32.1. The maximum Gasteiger partial charge on any atom is 0.407 e. The molecule has 44 heavy (non-hydrogen) atoms. The largest absolute Gasteiger partial charge is 0.507 e. The number of aliphatic hydroxyl groups excluding tert-OH is 2. The van der Waals surface area contributed by atoms with Crippen LogP contribution in [-0.4, -0.2) is 99.4 Å². The summed E-state index contributed by atoms with van der Waals surface area (Å²) in [5.74, 6) is -4.00. The van der Waals surface area contributed by atoms with Crippen LogP contribution in [0.1, 0.15) is 75.8 Å². The van der Waals surface area contributed by atoms with Gasteiger partial charge in [0.25, 0.3) is 0 Å². The minimum Gasteiger partial charge on any atom is -0.507 e. The lowest BCUT2D eigenvalue weighted by atomic mass is 9.72. The van der Waals surface area contributed by atoms with E-state index in [-0.39, 0.29) is 41.0 Å². The average Bonchev–Trinajstić information content (AvgIpc) is 2.99. The number of ketones is 3. The molecule has 2 aromatic rings.